The average Bonchev–Trinajstić information content (AvgIpc) is 2.41. The molecule has 0 bridgehead atoms. The first-order chi connectivity index (χ1) is 8.70. The van der Waals surface area contributed by atoms with Crippen molar-refractivity contribution in [2.24, 2.45) is 0 Å². The van der Waals surface area contributed by atoms with Gasteiger partial charge in [0.1, 0.15) is 5.03 Å². The summed E-state index contributed by atoms with van der Waals surface area (Å²) in [4.78, 5) is 5.28. The number of halogens is 1. The van der Waals surface area contributed by atoms with E-state index in [-0.39, 0.29) is 0 Å². The molecule has 0 aliphatic rings. The molecule has 0 radical (unpaired) electrons. The first-order valence-electron chi connectivity index (χ1n) is 5.77. The Morgan fingerprint density at radius 2 is 2.06 bits per heavy atom. The predicted molar refractivity (Wildman–Crippen MR) is 75.1 cm³/mol. The second-order valence-electron chi connectivity index (χ2n) is 3.88. The lowest BCUT2D eigenvalue weighted by atomic mass is 10.1. The standard InChI is InChI=1S/C14H14ClNOS/c1-2-12(17)11-5-3-4-6-13(11)18-14-8-7-10(15)9-16-14/h3-9,12,17H,2H2,1H3. The fourth-order valence-electron chi connectivity index (χ4n) is 1.60. The number of aromatic nitrogens is 1. The number of benzene rings is 1. The van der Waals surface area contributed by atoms with E-state index < -0.39 is 6.10 Å². The molecule has 1 N–H and O–H groups in total. The predicted octanol–water partition coefficient (Wildman–Crippen LogP) is 4.33. The molecular weight excluding hydrogens is 266 g/mol. The fraction of sp³-hybridized carbons (Fsp3) is 0.214. The van der Waals surface area contributed by atoms with Crippen LogP contribution in [0.4, 0.5) is 0 Å². The maximum absolute atomic E-state index is 9.98. The van der Waals surface area contributed by atoms with Crippen LogP contribution in [0.25, 0.3) is 0 Å². The minimum Gasteiger partial charge on any atom is -0.388 e. The van der Waals surface area contributed by atoms with Crippen molar-refractivity contribution in [2.75, 3.05) is 0 Å². The SMILES string of the molecule is CCC(O)c1ccccc1Sc1ccc(Cl)cn1. The van der Waals surface area contributed by atoms with E-state index in [1.165, 1.54) is 11.8 Å². The van der Waals surface area contributed by atoms with Gasteiger partial charge in [-0.05, 0) is 30.2 Å². The van der Waals surface area contributed by atoms with Crippen LogP contribution in [0.2, 0.25) is 5.02 Å². The highest BCUT2D eigenvalue weighted by atomic mass is 35.5. The summed E-state index contributed by atoms with van der Waals surface area (Å²) >= 11 is 7.34. The lowest BCUT2D eigenvalue weighted by molar-refractivity contribution is 0.171. The highest BCUT2D eigenvalue weighted by Crippen LogP contribution is 2.33. The molecule has 0 aliphatic heterocycles. The minimum absolute atomic E-state index is 0.430. The van der Waals surface area contributed by atoms with Gasteiger partial charge in [0.2, 0.25) is 0 Å². The zero-order chi connectivity index (χ0) is 13.0. The normalized spacial score (nSPS) is 12.4. The summed E-state index contributed by atoms with van der Waals surface area (Å²) in [6.45, 7) is 1.96. The second kappa shape index (κ2) is 6.23. The van der Waals surface area contributed by atoms with Gasteiger partial charge in [0.25, 0.3) is 0 Å². The van der Waals surface area contributed by atoms with Gasteiger partial charge in [0.05, 0.1) is 11.1 Å². The Labute approximate surface area is 116 Å². The van der Waals surface area contributed by atoms with Crippen LogP contribution in [0.15, 0.2) is 52.5 Å². The van der Waals surface area contributed by atoms with Crippen molar-refractivity contribution in [2.45, 2.75) is 29.4 Å². The van der Waals surface area contributed by atoms with E-state index in [1.807, 2.05) is 43.3 Å². The van der Waals surface area contributed by atoms with Crippen LogP contribution in [0.5, 0.6) is 0 Å². The molecule has 4 heteroatoms. The topological polar surface area (TPSA) is 33.1 Å². The molecule has 1 unspecified atom stereocenters. The van der Waals surface area contributed by atoms with Crippen LogP contribution in [-0.4, -0.2) is 10.1 Å². The minimum atomic E-state index is -0.430. The second-order valence-corrected chi connectivity index (χ2v) is 5.38. The van der Waals surface area contributed by atoms with Crippen molar-refractivity contribution in [3.8, 4) is 0 Å². The molecule has 94 valence electrons. The zero-order valence-corrected chi connectivity index (χ0v) is 11.6. The summed E-state index contributed by atoms with van der Waals surface area (Å²) in [5.74, 6) is 0. The molecule has 2 rings (SSSR count). The van der Waals surface area contributed by atoms with Gasteiger partial charge >= 0.3 is 0 Å². The van der Waals surface area contributed by atoms with E-state index >= 15 is 0 Å². The summed E-state index contributed by atoms with van der Waals surface area (Å²) < 4.78 is 0. The number of hydrogen-bond acceptors (Lipinski definition) is 3. The molecule has 1 atom stereocenters. The highest BCUT2D eigenvalue weighted by Gasteiger charge is 2.11. The van der Waals surface area contributed by atoms with Gasteiger partial charge < -0.3 is 5.11 Å². The van der Waals surface area contributed by atoms with Crippen LogP contribution >= 0.6 is 23.4 Å². The summed E-state index contributed by atoms with van der Waals surface area (Å²) in [5.41, 5.74) is 0.946. The monoisotopic (exact) mass is 279 g/mol. The third-order valence-corrected chi connectivity index (χ3v) is 3.85. The third kappa shape index (κ3) is 3.25. The van der Waals surface area contributed by atoms with Crippen molar-refractivity contribution in [1.82, 2.24) is 4.98 Å². The molecule has 2 nitrogen and oxygen atoms in total. The van der Waals surface area contributed by atoms with Gasteiger partial charge in [-0.3, -0.25) is 0 Å². The van der Waals surface area contributed by atoms with E-state index in [2.05, 4.69) is 4.98 Å². The molecule has 0 saturated carbocycles. The Kier molecular flexibility index (Phi) is 4.64. The summed E-state index contributed by atoms with van der Waals surface area (Å²) in [5, 5.41) is 11.5. The van der Waals surface area contributed by atoms with Gasteiger partial charge in [-0.2, -0.15) is 0 Å². The van der Waals surface area contributed by atoms with Gasteiger partial charge in [0.15, 0.2) is 0 Å². The molecule has 18 heavy (non-hydrogen) atoms. The first kappa shape index (κ1) is 13.4. The van der Waals surface area contributed by atoms with Crippen molar-refractivity contribution in [1.29, 1.82) is 0 Å². The molecule has 1 aromatic carbocycles. The largest absolute Gasteiger partial charge is 0.388 e. The van der Waals surface area contributed by atoms with E-state index in [4.69, 9.17) is 11.6 Å². The Hall–Kier alpha value is -1.03. The molecule has 2 aromatic rings. The van der Waals surface area contributed by atoms with Gasteiger partial charge in [-0.1, -0.05) is 48.5 Å². The summed E-state index contributed by atoms with van der Waals surface area (Å²) in [7, 11) is 0. The number of aliphatic hydroxyl groups excluding tert-OH is 1. The molecule has 0 amide bonds. The number of pyridine rings is 1. The Balaban J connectivity index is 2.26. The van der Waals surface area contributed by atoms with Crippen molar-refractivity contribution in [3.63, 3.8) is 0 Å². The molecule has 0 aliphatic carbocycles. The van der Waals surface area contributed by atoms with E-state index in [0.29, 0.717) is 11.4 Å². The number of nitrogens with zero attached hydrogens (tertiary/aromatic N) is 1. The quantitative estimate of drug-likeness (QED) is 0.904. The summed E-state index contributed by atoms with van der Waals surface area (Å²) in [6, 6.07) is 11.5. The number of hydrogen-bond donors (Lipinski definition) is 1. The number of aliphatic hydroxyl groups is 1. The van der Waals surface area contributed by atoms with Crippen LogP contribution in [0.3, 0.4) is 0 Å². The number of rotatable bonds is 4. The lowest BCUT2D eigenvalue weighted by Crippen LogP contribution is -1.97. The Morgan fingerprint density at radius 1 is 1.28 bits per heavy atom. The van der Waals surface area contributed by atoms with Crippen molar-refractivity contribution in [3.05, 3.63) is 53.2 Å². The molecule has 1 aromatic heterocycles. The highest BCUT2D eigenvalue weighted by molar-refractivity contribution is 7.99. The van der Waals surface area contributed by atoms with E-state index in [9.17, 15) is 5.11 Å². The maximum Gasteiger partial charge on any atom is 0.101 e. The average molecular weight is 280 g/mol. The molecule has 1 heterocycles. The smallest absolute Gasteiger partial charge is 0.101 e. The lowest BCUT2D eigenvalue weighted by Gasteiger charge is -2.13. The maximum atomic E-state index is 9.98. The van der Waals surface area contributed by atoms with Crippen molar-refractivity contribution >= 4 is 23.4 Å². The van der Waals surface area contributed by atoms with Crippen LogP contribution in [0, 0.1) is 0 Å². The van der Waals surface area contributed by atoms with Crippen LogP contribution in [-0.2, 0) is 0 Å². The molecule has 0 fully saturated rings. The zero-order valence-electron chi connectivity index (χ0n) is 10.0. The van der Waals surface area contributed by atoms with Crippen molar-refractivity contribution < 1.29 is 5.11 Å². The van der Waals surface area contributed by atoms with Crippen LogP contribution < -0.4 is 0 Å². The van der Waals surface area contributed by atoms with Crippen LogP contribution in [0.1, 0.15) is 25.0 Å². The molecular formula is C14H14ClNOS. The Bertz CT molecular complexity index is 515. The molecule has 0 saturated heterocycles. The molecule has 0 spiro atoms. The first-order valence-corrected chi connectivity index (χ1v) is 6.96. The third-order valence-electron chi connectivity index (χ3n) is 2.58. The van der Waals surface area contributed by atoms with Gasteiger partial charge in [-0.15, -0.1) is 0 Å². The Morgan fingerprint density at radius 3 is 2.72 bits per heavy atom. The van der Waals surface area contributed by atoms with Gasteiger partial charge in [0, 0.05) is 11.1 Å². The van der Waals surface area contributed by atoms with Gasteiger partial charge in [-0.25, -0.2) is 4.98 Å². The fourth-order valence-corrected chi connectivity index (χ4v) is 2.65. The summed E-state index contributed by atoms with van der Waals surface area (Å²) in [6.07, 6.45) is 1.90. The van der Waals surface area contributed by atoms with E-state index in [1.54, 1.807) is 6.20 Å². The van der Waals surface area contributed by atoms with E-state index in [0.717, 1.165) is 15.5 Å².